The summed E-state index contributed by atoms with van der Waals surface area (Å²) >= 11 is 0. The van der Waals surface area contributed by atoms with Gasteiger partial charge in [-0.1, -0.05) is 19.4 Å². The SMILES string of the molecule is CCCCOc1ncccc1CN=C(NCC)NCC(C)(O)CN1CCOCC1. The van der Waals surface area contributed by atoms with Crippen LogP contribution in [0.1, 0.15) is 39.2 Å². The third-order valence-electron chi connectivity index (χ3n) is 4.64. The highest BCUT2D eigenvalue weighted by molar-refractivity contribution is 5.79. The smallest absolute Gasteiger partial charge is 0.218 e. The predicted octanol–water partition coefficient (Wildman–Crippen LogP) is 1.40. The fraction of sp³-hybridized carbons (Fsp3) is 0.714. The van der Waals surface area contributed by atoms with Crippen molar-refractivity contribution in [3.63, 3.8) is 0 Å². The number of β-amino-alcohol motifs (C(OH)–C–C–N with tert-alkyl or cyclic N) is 1. The maximum absolute atomic E-state index is 10.8. The molecule has 1 fully saturated rings. The fourth-order valence-electron chi connectivity index (χ4n) is 3.06. The minimum Gasteiger partial charge on any atom is -0.477 e. The van der Waals surface area contributed by atoms with E-state index in [-0.39, 0.29) is 0 Å². The van der Waals surface area contributed by atoms with Gasteiger partial charge in [-0.3, -0.25) is 4.90 Å². The van der Waals surface area contributed by atoms with Gasteiger partial charge in [-0.15, -0.1) is 0 Å². The fourth-order valence-corrected chi connectivity index (χ4v) is 3.06. The average molecular weight is 408 g/mol. The number of rotatable bonds is 11. The second-order valence-corrected chi connectivity index (χ2v) is 7.60. The van der Waals surface area contributed by atoms with Gasteiger partial charge in [0.25, 0.3) is 0 Å². The normalized spacial score (nSPS) is 17.6. The van der Waals surface area contributed by atoms with Crippen LogP contribution in [0.3, 0.4) is 0 Å². The molecule has 164 valence electrons. The molecule has 1 aliphatic rings. The Bertz CT molecular complexity index is 618. The number of aliphatic hydroxyl groups is 1. The van der Waals surface area contributed by atoms with Gasteiger partial charge in [0, 0.05) is 44.5 Å². The van der Waals surface area contributed by atoms with Crippen LogP contribution in [0.5, 0.6) is 5.88 Å². The molecule has 2 heterocycles. The number of guanidine groups is 1. The van der Waals surface area contributed by atoms with E-state index in [1.165, 1.54) is 0 Å². The Balaban J connectivity index is 1.92. The molecule has 0 amide bonds. The molecule has 0 aromatic carbocycles. The van der Waals surface area contributed by atoms with E-state index in [4.69, 9.17) is 9.47 Å². The van der Waals surface area contributed by atoms with Crippen molar-refractivity contribution in [3.8, 4) is 5.88 Å². The first-order valence-electron chi connectivity index (χ1n) is 10.7. The van der Waals surface area contributed by atoms with Gasteiger partial charge < -0.3 is 25.2 Å². The predicted molar refractivity (Wildman–Crippen MR) is 115 cm³/mol. The lowest BCUT2D eigenvalue weighted by molar-refractivity contribution is -0.0201. The standard InChI is InChI=1S/C21H37N5O3/c1-4-6-12-29-19-18(8-7-9-23-19)15-24-20(22-5-2)25-16-21(3,27)17-26-10-13-28-14-11-26/h7-9,27H,4-6,10-17H2,1-3H3,(H2,22,24,25). The maximum atomic E-state index is 10.8. The van der Waals surface area contributed by atoms with E-state index in [0.29, 0.717) is 38.1 Å². The summed E-state index contributed by atoms with van der Waals surface area (Å²) < 4.78 is 11.2. The molecule has 0 aliphatic carbocycles. The van der Waals surface area contributed by atoms with Gasteiger partial charge in [-0.2, -0.15) is 0 Å². The molecule has 2 rings (SSSR count). The van der Waals surface area contributed by atoms with Crippen LogP contribution in [0.25, 0.3) is 0 Å². The average Bonchev–Trinajstić information content (AvgIpc) is 2.71. The number of nitrogens with one attached hydrogen (secondary N) is 2. The Labute approximate surface area is 174 Å². The van der Waals surface area contributed by atoms with E-state index in [9.17, 15) is 5.11 Å². The molecule has 0 saturated carbocycles. The summed E-state index contributed by atoms with van der Waals surface area (Å²) in [6.45, 7) is 12.0. The third kappa shape index (κ3) is 8.97. The van der Waals surface area contributed by atoms with Gasteiger partial charge in [-0.25, -0.2) is 9.98 Å². The molecule has 1 aromatic heterocycles. The molecule has 3 N–H and O–H groups in total. The van der Waals surface area contributed by atoms with Crippen molar-refractivity contribution >= 4 is 5.96 Å². The van der Waals surface area contributed by atoms with Crippen LogP contribution in [0.4, 0.5) is 0 Å². The van der Waals surface area contributed by atoms with Gasteiger partial charge in [0.2, 0.25) is 5.88 Å². The molecule has 0 spiro atoms. The molecular formula is C21H37N5O3. The molecule has 8 heteroatoms. The first-order valence-corrected chi connectivity index (χ1v) is 10.7. The summed E-state index contributed by atoms with van der Waals surface area (Å²) in [6, 6.07) is 3.88. The number of morpholine rings is 1. The Morgan fingerprint density at radius 3 is 2.86 bits per heavy atom. The monoisotopic (exact) mass is 407 g/mol. The number of aliphatic imine (C=N–C) groups is 1. The molecule has 0 radical (unpaired) electrons. The number of aromatic nitrogens is 1. The molecular weight excluding hydrogens is 370 g/mol. The Hall–Kier alpha value is -1.90. The highest BCUT2D eigenvalue weighted by Gasteiger charge is 2.25. The van der Waals surface area contributed by atoms with Crippen molar-refractivity contribution in [3.05, 3.63) is 23.9 Å². The molecule has 1 atom stereocenters. The van der Waals surface area contributed by atoms with Crippen LogP contribution in [0.15, 0.2) is 23.3 Å². The topological polar surface area (TPSA) is 91.2 Å². The Morgan fingerprint density at radius 1 is 1.34 bits per heavy atom. The number of pyridine rings is 1. The molecule has 1 saturated heterocycles. The van der Waals surface area contributed by atoms with E-state index < -0.39 is 5.60 Å². The Morgan fingerprint density at radius 2 is 2.14 bits per heavy atom. The van der Waals surface area contributed by atoms with E-state index in [1.54, 1.807) is 6.20 Å². The zero-order valence-corrected chi connectivity index (χ0v) is 18.1. The van der Waals surface area contributed by atoms with Crippen LogP contribution < -0.4 is 15.4 Å². The molecule has 29 heavy (non-hydrogen) atoms. The number of unbranched alkanes of at least 4 members (excludes halogenated alkanes) is 1. The van der Waals surface area contributed by atoms with Crippen molar-refractivity contribution in [2.45, 2.75) is 45.8 Å². The zero-order valence-electron chi connectivity index (χ0n) is 18.1. The van der Waals surface area contributed by atoms with Gasteiger partial charge in [0.15, 0.2) is 5.96 Å². The Kier molecular flexibility index (Phi) is 10.2. The highest BCUT2D eigenvalue weighted by Crippen LogP contribution is 2.16. The summed E-state index contributed by atoms with van der Waals surface area (Å²) in [5.74, 6) is 1.30. The molecule has 0 bridgehead atoms. The lowest BCUT2D eigenvalue weighted by Crippen LogP contribution is -2.52. The summed E-state index contributed by atoms with van der Waals surface area (Å²) in [5, 5.41) is 17.3. The molecule has 1 unspecified atom stereocenters. The van der Waals surface area contributed by atoms with Crippen LogP contribution in [0.2, 0.25) is 0 Å². The number of ether oxygens (including phenoxy) is 2. The quantitative estimate of drug-likeness (QED) is 0.290. The van der Waals surface area contributed by atoms with Gasteiger partial charge in [-0.05, 0) is 26.3 Å². The van der Waals surface area contributed by atoms with Crippen molar-refractivity contribution in [2.24, 2.45) is 4.99 Å². The summed E-state index contributed by atoms with van der Waals surface area (Å²) in [5.41, 5.74) is 0.0804. The van der Waals surface area contributed by atoms with Crippen molar-refractivity contribution < 1.29 is 14.6 Å². The van der Waals surface area contributed by atoms with Crippen molar-refractivity contribution in [1.82, 2.24) is 20.5 Å². The van der Waals surface area contributed by atoms with Crippen LogP contribution in [0, 0.1) is 0 Å². The number of hydrogen-bond acceptors (Lipinski definition) is 6. The van der Waals surface area contributed by atoms with E-state index in [2.05, 4.69) is 32.4 Å². The van der Waals surface area contributed by atoms with Crippen molar-refractivity contribution in [1.29, 1.82) is 0 Å². The number of nitrogens with zero attached hydrogens (tertiary/aromatic N) is 3. The highest BCUT2D eigenvalue weighted by atomic mass is 16.5. The first kappa shape index (κ1) is 23.4. The van der Waals surface area contributed by atoms with Gasteiger partial charge in [0.1, 0.15) is 0 Å². The van der Waals surface area contributed by atoms with E-state index >= 15 is 0 Å². The van der Waals surface area contributed by atoms with Crippen LogP contribution in [-0.2, 0) is 11.3 Å². The first-order chi connectivity index (χ1) is 14.0. The molecule has 8 nitrogen and oxygen atoms in total. The summed E-state index contributed by atoms with van der Waals surface area (Å²) in [7, 11) is 0. The lowest BCUT2D eigenvalue weighted by atomic mass is 10.1. The number of hydrogen-bond donors (Lipinski definition) is 3. The molecule has 1 aliphatic heterocycles. The largest absolute Gasteiger partial charge is 0.477 e. The van der Waals surface area contributed by atoms with Crippen molar-refractivity contribution in [2.75, 3.05) is 52.5 Å². The van der Waals surface area contributed by atoms with Gasteiger partial charge >= 0.3 is 0 Å². The van der Waals surface area contributed by atoms with Gasteiger partial charge in [0.05, 0.1) is 32.0 Å². The van der Waals surface area contributed by atoms with E-state index in [1.807, 2.05) is 26.0 Å². The molecule has 1 aromatic rings. The minimum atomic E-state index is -0.865. The third-order valence-corrected chi connectivity index (χ3v) is 4.64. The minimum absolute atomic E-state index is 0.406. The second-order valence-electron chi connectivity index (χ2n) is 7.60. The lowest BCUT2D eigenvalue weighted by Gasteiger charge is -2.34. The van der Waals surface area contributed by atoms with E-state index in [0.717, 1.165) is 51.3 Å². The maximum Gasteiger partial charge on any atom is 0.218 e. The summed E-state index contributed by atoms with van der Waals surface area (Å²) in [6.07, 6.45) is 3.82. The van der Waals surface area contributed by atoms with Crippen LogP contribution in [-0.4, -0.2) is 79.1 Å². The van der Waals surface area contributed by atoms with Crippen LogP contribution >= 0.6 is 0 Å². The summed E-state index contributed by atoms with van der Waals surface area (Å²) in [4.78, 5) is 11.2. The zero-order chi connectivity index (χ0) is 21.0. The second kappa shape index (κ2) is 12.6.